The summed E-state index contributed by atoms with van der Waals surface area (Å²) in [5.74, 6) is -0.157. The summed E-state index contributed by atoms with van der Waals surface area (Å²) in [6.45, 7) is 4.92. The van der Waals surface area contributed by atoms with E-state index in [0.717, 1.165) is 44.9 Å². The molecule has 0 radical (unpaired) electrons. The lowest BCUT2D eigenvalue weighted by atomic mass is 10.1. The highest BCUT2D eigenvalue weighted by molar-refractivity contribution is 5.78. The van der Waals surface area contributed by atoms with Crippen LogP contribution in [-0.2, 0) is 16.0 Å². The van der Waals surface area contributed by atoms with Crippen molar-refractivity contribution in [3.05, 3.63) is 35.6 Å². The predicted octanol–water partition coefficient (Wildman–Crippen LogP) is 1.16. The minimum atomic E-state index is -0.270. The van der Waals surface area contributed by atoms with Gasteiger partial charge in [-0.25, -0.2) is 4.39 Å². The van der Waals surface area contributed by atoms with Gasteiger partial charge in [0.25, 0.3) is 0 Å². The molecule has 5 heteroatoms. The van der Waals surface area contributed by atoms with E-state index in [1.165, 1.54) is 12.1 Å². The van der Waals surface area contributed by atoms with Gasteiger partial charge in [0.2, 0.25) is 5.91 Å². The number of carbonyl (C=O) groups excluding carboxylic acids is 1. The summed E-state index contributed by atoms with van der Waals surface area (Å²) in [5, 5.41) is 0. The molecular formula is C15H21FN2O2. The number of piperazine rings is 1. The number of carbonyl (C=O) groups is 1. The van der Waals surface area contributed by atoms with Crippen LogP contribution in [0.15, 0.2) is 24.3 Å². The largest absolute Gasteiger partial charge is 0.383 e. The SMILES string of the molecule is COCCN1CCN(C(=O)Cc2ccc(F)cc2)CC1. The Morgan fingerprint density at radius 3 is 2.45 bits per heavy atom. The Kier molecular flexibility index (Phi) is 5.49. The molecule has 0 aliphatic carbocycles. The van der Waals surface area contributed by atoms with Gasteiger partial charge in [-0.05, 0) is 17.7 Å². The molecule has 0 spiro atoms. The van der Waals surface area contributed by atoms with Crippen molar-refractivity contribution >= 4 is 5.91 Å². The van der Waals surface area contributed by atoms with Gasteiger partial charge >= 0.3 is 0 Å². The van der Waals surface area contributed by atoms with E-state index in [-0.39, 0.29) is 11.7 Å². The van der Waals surface area contributed by atoms with Crippen LogP contribution < -0.4 is 0 Å². The van der Waals surface area contributed by atoms with Crippen molar-refractivity contribution < 1.29 is 13.9 Å². The van der Waals surface area contributed by atoms with Crippen LogP contribution in [0.5, 0.6) is 0 Å². The summed E-state index contributed by atoms with van der Waals surface area (Å²) in [7, 11) is 1.70. The molecule has 0 atom stereocenters. The van der Waals surface area contributed by atoms with Gasteiger partial charge in [0, 0.05) is 39.8 Å². The van der Waals surface area contributed by atoms with Crippen LogP contribution in [0.3, 0.4) is 0 Å². The number of hydrogen-bond acceptors (Lipinski definition) is 3. The second-order valence-corrected chi connectivity index (χ2v) is 5.02. The highest BCUT2D eigenvalue weighted by Crippen LogP contribution is 2.08. The van der Waals surface area contributed by atoms with Crippen LogP contribution >= 0.6 is 0 Å². The van der Waals surface area contributed by atoms with Gasteiger partial charge in [-0.15, -0.1) is 0 Å². The van der Waals surface area contributed by atoms with Gasteiger partial charge in [-0.2, -0.15) is 0 Å². The van der Waals surface area contributed by atoms with Crippen LogP contribution in [0, 0.1) is 5.82 Å². The van der Waals surface area contributed by atoms with Crippen LogP contribution in [0.1, 0.15) is 5.56 Å². The molecule has 1 aliphatic rings. The lowest BCUT2D eigenvalue weighted by Crippen LogP contribution is -2.49. The molecule has 0 N–H and O–H groups in total. The van der Waals surface area contributed by atoms with Gasteiger partial charge < -0.3 is 9.64 Å². The molecule has 1 amide bonds. The van der Waals surface area contributed by atoms with Crippen LogP contribution in [0.2, 0.25) is 0 Å². The van der Waals surface area contributed by atoms with E-state index in [4.69, 9.17) is 4.74 Å². The van der Waals surface area contributed by atoms with Crippen molar-refractivity contribution in [2.45, 2.75) is 6.42 Å². The van der Waals surface area contributed by atoms with Gasteiger partial charge in [0.15, 0.2) is 0 Å². The third-order valence-corrected chi connectivity index (χ3v) is 3.61. The molecule has 4 nitrogen and oxygen atoms in total. The molecule has 1 saturated heterocycles. The molecule has 1 aromatic rings. The third-order valence-electron chi connectivity index (χ3n) is 3.61. The number of hydrogen-bond donors (Lipinski definition) is 0. The summed E-state index contributed by atoms with van der Waals surface area (Å²) < 4.78 is 17.9. The first-order valence-corrected chi connectivity index (χ1v) is 6.92. The molecule has 0 unspecified atom stereocenters. The van der Waals surface area contributed by atoms with E-state index in [9.17, 15) is 9.18 Å². The maximum Gasteiger partial charge on any atom is 0.227 e. The minimum absolute atomic E-state index is 0.114. The first-order valence-electron chi connectivity index (χ1n) is 6.92. The van der Waals surface area contributed by atoms with E-state index in [2.05, 4.69) is 4.90 Å². The number of amides is 1. The fourth-order valence-corrected chi connectivity index (χ4v) is 2.33. The predicted molar refractivity (Wildman–Crippen MR) is 75.0 cm³/mol. The lowest BCUT2D eigenvalue weighted by Gasteiger charge is -2.34. The molecule has 2 rings (SSSR count). The molecule has 0 aromatic heterocycles. The first-order chi connectivity index (χ1) is 9.69. The summed E-state index contributed by atoms with van der Waals surface area (Å²) in [6.07, 6.45) is 0.346. The summed E-state index contributed by atoms with van der Waals surface area (Å²) in [4.78, 5) is 16.3. The summed E-state index contributed by atoms with van der Waals surface area (Å²) in [6, 6.07) is 6.13. The summed E-state index contributed by atoms with van der Waals surface area (Å²) >= 11 is 0. The van der Waals surface area contributed by atoms with Crippen molar-refractivity contribution in [1.29, 1.82) is 0 Å². The van der Waals surface area contributed by atoms with E-state index in [1.807, 2.05) is 4.90 Å². The minimum Gasteiger partial charge on any atom is -0.383 e. The fourth-order valence-electron chi connectivity index (χ4n) is 2.33. The van der Waals surface area contributed by atoms with Crippen molar-refractivity contribution in [3.63, 3.8) is 0 Å². The van der Waals surface area contributed by atoms with E-state index < -0.39 is 0 Å². The number of halogens is 1. The highest BCUT2D eigenvalue weighted by Gasteiger charge is 2.20. The lowest BCUT2D eigenvalue weighted by molar-refractivity contribution is -0.132. The molecule has 1 heterocycles. The monoisotopic (exact) mass is 280 g/mol. The molecular weight excluding hydrogens is 259 g/mol. The van der Waals surface area contributed by atoms with Gasteiger partial charge in [0.1, 0.15) is 5.82 Å². The topological polar surface area (TPSA) is 32.8 Å². The molecule has 0 saturated carbocycles. The standard InChI is InChI=1S/C15H21FN2O2/c1-20-11-10-17-6-8-18(9-7-17)15(19)12-13-2-4-14(16)5-3-13/h2-5H,6-12H2,1H3. The summed E-state index contributed by atoms with van der Waals surface area (Å²) in [5.41, 5.74) is 0.859. The maximum absolute atomic E-state index is 12.8. The Labute approximate surface area is 119 Å². The van der Waals surface area contributed by atoms with Crippen molar-refractivity contribution in [3.8, 4) is 0 Å². The van der Waals surface area contributed by atoms with Gasteiger partial charge in [-0.3, -0.25) is 9.69 Å². The molecule has 1 fully saturated rings. The van der Waals surface area contributed by atoms with Crippen molar-refractivity contribution in [1.82, 2.24) is 9.80 Å². The maximum atomic E-state index is 12.8. The van der Waals surface area contributed by atoms with Crippen LogP contribution in [0.4, 0.5) is 4.39 Å². The quantitative estimate of drug-likeness (QED) is 0.811. The zero-order chi connectivity index (χ0) is 14.4. The number of methoxy groups -OCH3 is 1. The number of benzene rings is 1. The number of nitrogens with zero attached hydrogens (tertiary/aromatic N) is 2. The van der Waals surface area contributed by atoms with E-state index in [1.54, 1.807) is 19.2 Å². The Balaban J connectivity index is 1.78. The zero-order valence-corrected chi connectivity index (χ0v) is 11.8. The highest BCUT2D eigenvalue weighted by atomic mass is 19.1. The molecule has 110 valence electrons. The Morgan fingerprint density at radius 1 is 1.20 bits per heavy atom. The molecule has 1 aliphatic heterocycles. The fraction of sp³-hybridized carbons (Fsp3) is 0.533. The molecule has 20 heavy (non-hydrogen) atoms. The van der Waals surface area contributed by atoms with Crippen LogP contribution in [-0.4, -0.2) is 62.1 Å². The van der Waals surface area contributed by atoms with Crippen LogP contribution in [0.25, 0.3) is 0 Å². The first kappa shape index (κ1) is 14.9. The Hall–Kier alpha value is -1.46. The second kappa shape index (κ2) is 7.36. The van der Waals surface area contributed by atoms with E-state index >= 15 is 0 Å². The van der Waals surface area contributed by atoms with Crippen molar-refractivity contribution in [2.75, 3.05) is 46.4 Å². The van der Waals surface area contributed by atoms with Gasteiger partial charge in [0.05, 0.1) is 13.0 Å². The van der Waals surface area contributed by atoms with E-state index in [0.29, 0.717) is 6.42 Å². The third kappa shape index (κ3) is 4.28. The Morgan fingerprint density at radius 2 is 1.85 bits per heavy atom. The van der Waals surface area contributed by atoms with Gasteiger partial charge in [-0.1, -0.05) is 12.1 Å². The smallest absolute Gasteiger partial charge is 0.227 e. The normalized spacial score (nSPS) is 16.4. The number of rotatable bonds is 5. The molecule has 1 aromatic carbocycles. The Bertz CT molecular complexity index is 428. The average Bonchev–Trinajstić information content (AvgIpc) is 2.48. The average molecular weight is 280 g/mol. The van der Waals surface area contributed by atoms with Crippen molar-refractivity contribution in [2.24, 2.45) is 0 Å². The zero-order valence-electron chi connectivity index (χ0n) is 11.8. The molecule has 0 bridgehead atoms. The number of ether oxygens (including phenoxy) is 1. The second-order valence-electron chi connectivity index (χ2n) is 5.02.